The van der Waals surface area contributed by atoms with Gasteiger partial charge in [0.15, 0.2) is 0 Å². The number of methoxy groups -OCH3 is 1. The summed E-state index contributed by atoms with van der Waals surface area (Å²) in [5, 5.41) is 23.3. The number of pyridine rings is 1. The number of aliphatic hydroxyl groups is 1. The number of carbonyl (C=O) groups excluding carboxylic acids is 2. The molecule has 0 radical (unpaired) electrons. The molecular formula is C27H27FN4O5. The number of carbonyl (C=O) groups is 2. The van der Waals surface area contributed by atoms with Gasteiger partial charge in [0.05, 0.1) is 24.9 Å². The van der Waals surface area contributed by atoms with Crippen LogP contribution in [0.5, 0.6) is 11.5 Å². The maximum atomic E-state index is 13.6. The van der Waals surface area contributed by atoms with E-state index in [9.17, 15) is 24.3 Å². The van der Waals surface area contributed by atoms with Crippen LogP contribution in [0.1, 0.15) is 42.5 Å². The van der Waals surface area contributed by atoms with Gasteiger partial charge in [-0.2, -0.15) is 5.26 Å². The Balaban J connectivity index is 0.00000400. The second kappa shape index (κ2) is 9.52. The van der Waals surface area contributed by atoms with Crippen LogP contribution in [0.3, 0.4) is 0 Å². The third-order valence-corrected chi connectivity index (χ3v) is 6.46. The molecule has 2 atom stereocenters. The molecule has 0 fully saturated rings. The Labute approximate surface area is 214 Å². The van der Waals surface area contributed by atoms with Gasteiger partial charge in [-0.15, -0.1) is 0 Å². The standard InChI is InChI=1S/C27H25FN4O5.H2/c1-26(25(30)34)14-37-23-19(26)11-21(32-22(23)15-4-7-18(28)8-5-15)27(2,35)13-31-24(33)16-6-9-20(36-3)17(10-16)12-29;/h4-11,35H,13-14H2,1-3H3,(H2,30,34)(H,31,33);1H/t26-,27-;/m0./s1. The molecule has 9 nitrogen and oxygen atoms in total. The van der Waals surface area contributed by atoms with E-state index in [0.717, 1.165) is 0 Å². The number of nitriles is 1. The summed E-state index contributed by atoms with van der Waals surface area (Å²) in [6.07, 6.45) is 0. The smallest absolute Gasteiger partial charge is 0.251 e. The average molecular weight is 507 g/mol. The van der Waals surface area contributed by atoms with Crippen molar-refractivity contribution in [2.24, 2.45) is 5.73 Å². The Morgan fingerprint density at radius 3 is 2.65 bits per heavy atom. The van der Waals surface area contributed by atoms with Gasteiger partial charge in [-0.3, -0.25) is 9.59 Å². The molecule has 10 heteroatoms. The maximum absolute atomic E-state index is 13.6. The molecule has 0 saturated heterocycles. The van der Waals surface area contributed by atoms with Crippen LogP contribution in [0.4, 0.5) is 4.39 Å². The van der Waals surface area contributed by atoms with Crippen molar-refractivity contribution < 1.29 is 30.0 Å². The number of aromatic nitrogens is 1. The zero-order valence-corrected chi connectivity index (χ0v) is 20.5. The van der Waals surface area contributed by atoms with E-state index < -0.39 is 28.6 Å². The summed E-state index contributed by atoms with van der Waals surface area (Å²) in [4.78, 5) is 29.7. The number of primary amides is 1. The van der Waals surface area contributed by atoms with Gasteiger partial charge < -0.3 is 25.6 Å². The van der Waals surface area contributed by atoms with Crippen LogP contribution in [0, 0.1) is 17.1 Å². The highest BCUT2D eigenvalue weighted by atomic mass is 19.1. The van der Waals surface area contributed by atoms with Crippen molar-refractivity contribution in [3.8, 4) is 28.8 Å². The molecule has 0 aliphatic carbocycles. The van der Waals surface area contributed by atoms with Gasteiger partial charge in [0.25, 0.3) is 5.91 Å². The summed E-state index contributed by atoms with van der Waals surface area (Å²) in [6.45, 7) is 2.83. The maximum Gasteiger partial charge on any atom is 0.251 e. The molecular weight excluding hydrogens is 479 g/mol. The number of rotatable bonds is 7. The molecule has 2 amide bonds. The molecule has 0 saturated carbocycles. The number of benzene rings is 2. The summed E-state index contributed by atoms with van der Waals surface area (Å²) >= 11 is 0. The van der Waals surface area contributed by atoms with Gasteiger partial charge in [-0.25, -0.2) is 9.37 Å². The predicted molar refractivity (Wildman–Crippen MR) is 133 cm³/mol. The Hall–Kier alpha value is -4.49. The van der Waals surface area contributed by atoms with E-state index in [2.05, 4.69) is 10.3 Å². The first-order valence-electron chi connectivity index (χ1n) is 11.3. The molecule has 1 aliphatic heterocycles. The SMILES string of the molecule is COc1ccc(C(=O)NC[C@](C)(O)c2cc3c(c(-c4ccc(F)cc4)n2)OC[C@]3(C)C(N)=O)cc1C#N.[HH]. The molecule has 1 aliphatic rings. The normalized spacial score (nSPS) is 17.6. The summed E-state index contributed by atoms with van der Waals surface area (Å²) < 4.78 is 24.5. The van der Waals surface area contributed by atoms with Crippen LogP contribution >= 0.6 is 0 Å². The minimum Gasteiger partial charge on any atom is -0.495 e. The van der Waals surface area contributed by atoms with Gasteiger partial charge in [0.1, 0.15) is 46.7 Å². The first kappa shape index (κ1) is 25.6. The van der Waals surface area contributed by atoms with Gasteiger partial charge in [0, 0.05) is 18.1 Å². The van der Waals surface area contributed by atoms with Gasteiger partial charge in [-0.1, -0.05) is 0 Å². The number of ether oxygens (including phenoxy) is 2. The number of fused-ring (bicyclic) bond motifs is 1. The minimum atomic E-state index is -1.69. The fourth-order valence-corrected chi connectivity index (χ4v) is 4.05. The van der Waals surface area contributed by atoms with E-state index in [0.29, 0.717) is 28.3 Å². The number of nitrogens with two attached hydrogens (primary N) is 1. The van der Waals surface area contributed by atoms with Crippen LogP contribution < -0.4 is 20.5 Å². The van der Waals surface area contributed by atoms with Crippen LogP contribution in [-0.4, -0.2) is 42.2 Å². The van der Waals surface area contributed by atoms with Crippen molar-refractivity contribution in [3.63, 3.8) is 0 Å². The van der Waals surface area contributed by atoms with Gasteiger partial charge in [0.2, 0.25) is 5.91 Å². The van der Waals surface area contributed by atoms with Crippen molar-refractivity contribution in [2.45, 2.75) is 24.9 Å². The molecule has 1 aromatic heterocycles. The number of amides is 2. The molecule has 3 aromatic rings. The Bertz CT molecular complexity index is 1440. The van der Waals surface area contributed by atoms with Crippen LogP contribution in [0.15, 0.2) is 48.5 Å². The molecule has 2 heterocycles. The third kappa shape index (κ3) is 4.69. The number of hydrogen-bond acceptors (Lipinski definition) is 7. The highest BCUT2D eigenvalue weighted by Gasteiger charge is 2.45. The molecule has 37 heavy (non-hydrogen) atoms. The first-order chi connectivity index (χ1) is 17.5. The van der Waals surface area contributed by atoms with E-state index in [1.165, 1.54) is 62.6 Å². The lowest BCUT2D eigenvalue weighted by Gasteiger charge is -2.26. The lowest BCUT2D eigenvalue weighted by molar-refractivity contribution is -0.123. The zero-order chi connectivity index (χ0) is 27.0. The highest BCUT2D eigenvalue weighted by Crippen LogP contribution is 2.45. The van der Waals surface area contributed by atoms with E-state index in [1.54, 1.807) is 6.92 Å². The summed E-state index contributed by atoms with van der Waals surface area (Å²) in [6, 6.07) is 13.5. The van der Waals surface area contributed by atoms with Gasteiger partial charge in [-0.05, 0) is 62.4 Å². The Morgan fingerprint density at radius 1 is 1.32 bits per heavy atom. The molecule has 2 aromatic carbocycles. The quantitative estimate of drug-likeness (QED) is 0.446. The van der Waals surface area contributed by atoms with Gasteiger partial charge >= 0.3 is 0 Å². The summed E-state index contributed by atoms with van der Waals surface area (Å²) in [5.41, 5.74) is 4.60. The van der Waals surface area contributed by atoms with E-state index in [1.807, 2.05) is 6.07 Å². The summed E-state index contributed by atoms with van der Waals surface area (Å²) in [7, 11) is 1.42. The minimum absolute atomic E-state index is 0. The molecule has 0 unspecified atom stereocenters. The van der Waals surface area contributed by atoms with Crippen molar-refractivity contribution in [1.82, 2.24) is 10.3 Å². The van der Waals surface area contributed by atoms with Crippen LogP contribution in [-0.2, 0) is 15.8 Å². The predicted octanol–water partition coefficient (Wildman–Crippen LogP) is 2.79. The molecule has 192 valence electrons. The molecule has 0 spiro atoms. The Kier molecular flexibility index (Phi) is 6.59. The lowest BCUT2D eigenvalue weighted by atomic mass is 9.82. The topological polar surface area (TPSA) is 148 Å². The van der Waals surface area contributed by atoms with Crippen molar-refractivity contribution in [3.05, 3.63) is 76.7 Å². The number of nitrogens with zero attached hydrogens (tertiary/aromatic N) is 2. The van der Waals surface area contributed by atoms with E-state index in [-0.39, 0.29) is 31.4 Å². The van der Waals surface area contributed by atoms with Crippen LogP contribution in [0.2, 0.25) is 0 Å². The highest BCUT2D eigenvalue weighted by molar-refractivity contribution is 5.95. The van der Waals surface area contributed by atoms with E-state index >= 15 is 0 Å². The first-order valence-corrected chi connectivity index (χ1v) is 11.3. The van der Waals surface area contributed by atoms with Crippen molar-refractivity contribution in [1.29, 1.82) is 5.26 Å². The summed E-state index contributed by atoms with van der Waals surface area (Å²) in [5.74, 6) is -0.925. The second-order valence-electron chi connectivity index (χ2n) is 9.21. The Morgan fingerprint density at radius 2 is 2.03 bits per heavy atom. The molecule has 4 N–H and O–H groups in total. The number of halogens is 1. The number of nitrogens with one attached hydrogen (secondary N) is 1. The third-order valence-electron chi connectivity index (χ3n) is 6.46. The zero-order valence-electron chi connectivity index (χ0n) is 20.5. The van der Waals surface area contributed by atoms with Crippen molar-refractivity contribution >= 4 is 11.8 Å². The number of hydrogen-bond donors (Lipinski definition) is 3. The average Bonchev–Trinajstić information content (AvgIpc) is 3.24. The lowest BCUT2D eigenvalue weighted by Crippen LogP contribution is -2.41. The fraction of sp³-hybridized carbons (Fsp3) is 0.259. The van der Waals surface area contributed by atoms with Crippen molar-refractivity contribution in [2.75, 3.05) is 20.3 Å². The van der Waals surface area contributed by atoms with Crippen LogP contribution in [0.25, 0.3) is 11.3 Å². The largest absolute Gasteiger partial charge is 0.495 e. The monoisotopic (exact) mass is 506 g/mol. The molecule has 0 bridgehead atoms. The second-order valence-corrected chi connectivity index (χ2v) is 9.21. The molecule has 4 rings (SSSR count). The van der Waals surface area contributed by atoms with E-state index in [4.69, 9.17) is 15.2 Å². The fourth-order valence-electron chi connectivity index (χ4n) is 4.05.